The Bertz CT molecular complexity index is 513. The molecule has 5 nitrogen and oxygen atoms in total. The van der Waals surface area contributed by atoms with Crippen LogP contribution in [0, 0.1) is 0 Å². The van der Waals surface area contributed by atoms with E-state index in [-0.39, 0.29) is 12.5 Å². The molecule has 0 radical (unpaired) electrons. The Morgan fingerprint density at radius 2 is 2.27 bits per heavy atom. The van der Waals surface area contributed by atoms with Crippen LogP contribution in [0.1, 0.15) is 51.1 Å². The number of rotatable bonds is 6. The second-order valence-corrected chi connectivity index (χ2v) is 7.21. The van der Waals surface area contributed by atoms with Gasteiger partial charge in [0.15, 0.2) is 5.13 Å². The summed E-state index contributed by atoms with van der Waals surface area (Å²) in [6.45, 7) is 3.79. The largest absolute Gasteiger partial charge is 0.396 e. The maximum atomic E-state index is 11.8. The van der Waals surface area contributed by atoms with E-state index in [9.17, 15) is 9.90 Å². The molecule has 1 aliphatic carbocycles. The fourth-order valence-corrected chi connectivity index (χ4v) is 4.24. The van der Waals surface area contributed by atoms with Gasteiger partial charge in [0.25, 0.3) is 0 Å². The second-order valence-electron chi connectivity index (χ2n) is 6.37. The zero-order valence-corrected chi connectivity index (χ0v) is 14.0. The average molecular weight is 323 g/mol. The number of likely N-dealkylation sites (tertiary alicyclic amines) is 1. The van der Waals surface area contributed by atoms with Gasteiger partial charge < -0.3 is 5.11 Å². The van der Waals surface area contributed by atoms with Gasteiger partial charge in [-0.25, -0.2) is 4.98 Å². The first-order valence-corrected chi connectivity index (χ1v) is 9.16. The molecule has 1 aliphatic heterocycles. The van der Waals surface area contributed by atoms with Gasteiger partial charge in [-0.15, -0.1) is 11.3 Å². The molecule has 2 aliphatic rings. The van der Waals surface area contributed by atoms with Crippen LogP contribution in [0.15, 0.2) is 5.38 Å². The van der Waals surface area contributed by atoms with Crippen LogP contribution in [-0.2, 0) is 11.3 Å². The first-order chi connectivity index (χ1) is 10.7. The molecule has 1 saturated carbocycles. The molecule has 1 atom stereocenters. The number of aromatic nitrogens is 1. The predicted octanol–water partition coefficient (Wildman–Crippen LogP) is 2.40. The normalized spacial score (nSPS) is 22.7. The van der Waals surface area contributed by atoms with E-state index < -0.39 is 0 Å². The zero-order valence-electron chi connectivity index (χ0n) is 13.2. The number of nitrogens with zero attached hydrogens (tertiary/aromatic N) is 3. The van der Waals surface area contributed by atoms with E-state index in [1.165, 1.54) is 19.3 Å². The van der Waals surface area contributed by atoms with Gasteiger partial charge in [-0.1, -0.05) is 6.42 Å². The highest BCUT2D eigenvalue weighted by molar-refractivity contribution is 7.14. The van der Waals surface area contributed by atoms with Crippen molar-refractivity contribution < 1.29 is 9.90 Å². The standard InChI is InChI=1S/C16H25N3O2S/c1-12(21)19(15-5-6-15)16-17-13(11-22-16)10-18-8-3-2-4-14(18)7-9-20/h11,14-15,20H,2-10H2,1H3. The summed E-state index contributed by atoms with van der Waals surface area (Å²) in [6.07, 6.45) is 6.68. The lowest BCUT2D eigenvalue weighted by Gasteiger charge is -2.35. The minimum atomic E-state index is 0.0968. The molecule has 2 heterocycles. The highest BCUT2D eigenvalue weighted by Crippen LogP contribution is 2.34. The first kappa shape index (κ1) is 15.9. The van der Waals surface area contributed by atoms with E-state index in [4.69, 9.17) is 4.98 Å². The molecule has 1 aromatic rings. The molecule has 6 heteroatoms. The molecular weight excluding hydrogens is 298 g/mol. The van der Waals surface area contributed by atoms with Gasteiger partial charge in [-0.2, -0.15) is 0 Å². The quantitative estimate of drug-likeness (QED) is 0.873. The van der Waals surface area contributed by atoms with Gasteiger partial charge in [-0.3, -0.25) is 14.6 Å². The molecule has 0 aromatic carbocycles. The summed E-state index contributed by atoms with van der Waals surface area (Å²) in [7, 11) is 0. The zero-order chi connectivity index (χ0) is 15.5. The van der Waals surface area contributed by atoms with Crippen molar-refractivity contribution in [3.63, 3.8) is 0 Å². The lowest BCUT2D eigenvalue weighted by atomic mass is 9.99. The van der Waals surface area contributed by atoms with Gasteiger partial charge in [0, 0.05) is 37.5 Å². The number of piperidine rings is 1. The first-order valence-electron chi connectivity index (χ1n) is 8.28. The lowest BCUT2D eigenvalue weighted by molar-refractivity contribution is -0.116. The molecule has 1 amide bonds. The molecule has 0 bridgehead atoms. The van der Waals surface area contributed by atoms with Crippen LogP contribution >= 0.6 is 11.3 Å². The van der Waals surface area contributed by atoms with Gasteiger partial charge >= 0.3 is 0 Å². The summed E-state index contributed by atoms with van der Waals surface area (Å²) in [5, 5.41) is 12.2. The Labute approximate surface area is 135 Å². The second kappa shape index (κ2) is 7.06. The maximum absolute atomic E-state index is 11.8. The third kappa shape index (κ3) is 3.67. The number of carbonyl (C=O) groups excluding carboxylic acids is 1. The Morgan fingerprint density at radius 1 is 1.45 bits per heavy atom. The lowest BCUT2D eigenvalue weighted by Crippen LogP contribution is -2.39. The number of aliphatic hydroxyl groups excluding tert-OH is 1. The Kier molecular flexibility index (Phi) is 5.10. The van der Waals surface area contributed by atoms with E-state index >= 15 is 0 Å². The molecule has 0 spiro atoms. The maximum Gasteiger partial charge on any atom is 0.225 e. The van der Waals surface area contributed by atoms with E-state index in [2.05, 4.69) is 10.3 Å². The third-order valence-corrected chi connectivity index (χ3v) is 5.46. The molecule has 3 rings (SSSR count). The molecule has 122 valence electrons. The summed E-state index contributed by atoms with van der Waals surface area (Å²) in [4.78, 5) is 20.8. The van der Waals surface area contributed by atoms with Crippen molar-refractivity contribution in [2.45, 2.75) is 64.1 Å². The fraction of sp³-hybridized carbons (Fsp3) is 0.750. The SMILES string of the molecule is CC(=O)N(c1nc(CN2CCCCC2CCO)cs1)C1CC1. The van der Waals surface area contributed by atoms with Crippen molar-refractivity contribution in [2.24, 2.45) is 0 Å². The number of amides is 1. The van der Waals surface area contributed by atoms with Crippen LogP contribution in [-0.4, -0.2) is 46.1 Å². The average Bonchev–Trinajstić information content (AvgIpc) is 3.21. The van der Waals surface area contributed by atoms with Crippen molar-refractivity contribution >= 4 is 22.4 Å². The van der Waals surface area contributed by atoms with Gasteiger partial charge in [-0.05, 0) is 38.6 Å². The van der Waals surface area contributed by atoms with Crippen molar-refractivity contribution in [3.05, 3.63) is 11.1 Å². The Morgan fingerprint density at radius 3 is 2.95 bits per heavy atom. The third-order valence-electron chi connectivity index (χ3n) is 4.57. The van der Waals surface area contributed by atoms with Gasteiger partial charge in [0.1, 0.15) is 0 Å². The van der Waals surface area contributed by atoms with Crippen LogP contribution in [0.2, 0.25) is 0 Å². The van der Waals surface area contributed by atoms with E-state index in [1.54, 1.807) is 18.3 Å². The predicted molar refractivity (Wildman–Crippen MR) is 88.0 cm³/mol. The summed E-state index contributed by atoms with van der Waals surface area (Å²) >= 11 is 1.58. The van der Waals surface area contributed by atoms with E-state index in [1.807, 2.05) is 4.90 Å². The van der Waals surface area contributed by atoms with Crippen molar-refractivity contribution in [1.29, 1.82) is 0 Å². The smallest absolute Gasteiger partial charge is 0.225 e. The summed E-state index contributed by atoms with van der Waals surface area (Å²) in [6, 6.07) is 0.838. The minimum absolute atomic E-state index is 0.0968. The molecule has 1 saturated heterocycles. The Hall–Kier alpha value is -0.980. The number of anilines is 1. The molecule has 22 heavy (non-hydrogen) atoms. The van der Waals surface area contributed by atoms with Crippen LogP contribution in [0.25, 0.3) is 0 Å². The van der Waals surface area contributed by atoms with Crippen molar-refractivity contribution in [1.82, 2.24) is 9.88 Å². The molecule has 2 fully saturated rings. The van der Waals surface area contributed by atoms with Crippen LogP contribution in [0.5, 0.6) is 0 Å². The fourth-order valence-electron chi connectivity index (χ4n) is 3.31. The number of aliphatic hydroxyl groups is 1. The van der Waals surface area contributed by atoms with E-state index in [0.717, 1.165) is 43.2 Å². The number of thiazole rings is 1. The summed E-state index contributed by atoms with van der Waals surface area (Å²) in [5.41, 5.74) is 1.05. The topological polar surface area (TPSA) is 56.7 Å². The number of hydrogen-bond donors (Lipinski definition) is 1. The molecular formula is C16H25N3O2S. The van der Waals surface area contributed by atoms with E-state index in [0.29, 0.717) is 12.1 Å². The molecule has 1 N–H and O–H groups in total. The number of hydrogen-bond acceptors (Lipinski definition) is 5. The highest BCUT2D eigenvalue weighted by Gasteiger charge is 2.34. The molecule has 1 unspecified atom stereocenters. The number of carbonyl (C=O) groups is 1. The van der Waals surface area contributed by atoms with Crippen molar-refractivity contribution in [3.8, 4) is 0 Å². The summed E-state index contributed by atoms with van der Waals surface area (Å²) < 4.78 is 0. The molecule has 1 aromatic heterocycles. The van der Waals surface area contributed by atoms with Crippen LogP contribution in [0.4, 0.5) is 5.13 Å². The van der Waals surface area contributed by atoms with Crippen LogP contribution in [0.3, 0.4) is 0 Å². The van der Waals surface area contributed by atoms with Gasteiger partial charge in [0.2, 0.25) is 5.91 Å². The minimum Gasteiger partial charge on any atom is -0.396 e. The van der Waals surface area contributed by atoms with Crippen molar-refractivity contribution in [2.75, 3.05) is 18.1 Å². The van der Waals surface area contributed by atoms with Gasteiger partial charge in [0.05, 0.1) is 5.69 Å². The summed E-state index contributed by atoms with van der Waals surface area (Å²) in [5.74, 6) is 0.0968. The Balaban J connectivity index is 1.66. The van der Waals surface area contributed by atoms with Crippen LogP contribution < -0.4 is 4.90 Å². The monoisotopic (exact) mass is 323 g/mol. The highest BCUT2D eigenvalue weighted by atomic mass is 32.1.